The van der Waals surface area contributed by atoms with Gasteiger partial charge in [0, 0.05) is 38.6 Å². The highest BCUT2D eigenvalue weighted by Crippen LogP contribution is 2.14. The molecule has 0 N–H and O–H groups in total. The van der Waals surface area contributed by atoms with E-state index < -0.39 is 0 Å². The number of anilines is 1. The summed E-state index contributed by atoms with van der Waals surface area (Å²) in [4.78, 5) is 6.36. The molecule has 0 saturated heterocycles. The Morgan fingerprint density at radius 1 is 1.28 bits per heavy atom. The van der Waals surface area contributed by atoms with E-state index in [9.17, 15) is 0 Å². The molecule has 1 heterocycles. The average Bonchev–Trinajstić information content (AvgIpc) is 2.78. The van der Waals surface area contributed by atoms with Crippen LogP contribution >= 0.6 is 0 Å². The van der Waals surface area contributed by atoms with Crippen LogP contribution in [0.3, 0.4) is 0 Å². The number of hydrogen-bond acceptors (Lipinski definition) is 3. The molecule has 0 spiro atoms. The molecule has 0 saturated carbocycles. The summed E-state index contributed by atoms with van der Waals surface area (Å²) in [5.41, 5.74) is 2.38. The Balaban J connectivity index is 2.14. The van der Waals surface area contributed by atoms with Gasteiger partial charge in [0.1, 0.15) is 12.4 Å². The topological polar surface area (TPSA) is 44.9 Å². The van der Waals surface area contributed by atoms with Gasteiger partial charge >= 0.3 is 0 Å². The maximum atomic E-state index is 8.72. The van der Waals surface area contributed by atoms with Crippen LogP contribution in [0, 0.1) is 11.3 Å². The molecule has 0 aliphatic rings. The molecule has 0 bridgehead atoms. The molecule has 4 nitrogen and oxygen atoms in total. The lowest BCUT2D eigenvalue weighted by Gasteiger charge is -2.12. The van der Waals surface area contributed by atoms with Crippen LogP contribution in [0.1, 0.15) is 11.4 Å². The summed E-state index contributed by atoms with van der Waals surface area (Å²) in [5, 5.41) is 8.72. The van der Waals surface area contributed by atoms with Crippen LogP contribution in [0.25, 0.3) is 0 Å². The number of nitrogens with zero attached hydrogens (tertiary/aromatic N) is 4. The number of nitriles is 1. The Hall–Kier alpha value is -2.28. The Kier molecular flexibility index (Phi) is 3.63. The Morgan fingerprint density at radius 3 is 2.61 bits per heavy atom. The third-order valence-corrected chi connectivity index (χ3v) is 2.86. The minimum absolute atomic E-state index is 0.352. The first kappa shape index (κ1) is 12.2. The molecule has 4 heteroatoms. The lowest BCUT2D eigenvalue weighted by Crippen LogP contribution is -2.08. The van der Waals surface area contributed by atoms with E-state index >= 15 is 0 Å². The molecule has 0 atom stereocenters. The fourth-order valence-electron chi connectivity index (χ4n) is 1.82. The zero-order chi connectivity index (χ0) is 13.0. The number of imidazole rings is 1. The Labute approximate surface area is 107 Å². The lowest BCUT2D eigenvalue weighted by atomic mass is 10.1. The van der Waals surface area contributed by atoms with Gasteiger partial charge in [-0.15, -0.1) is 0 Å². The van der Waals surface area contributed by atoms with Gasteiger partial charge in [-0.25, -0.2) is 4.98 Å². The summed E-state index contributed by atoms with van der Waals surface area (Å²) in [6.07, 6.45) is 4.33. The van der Waals surface area contributed by atoms with Crippen LogP contribution in [0.2, 0.25) is 0 Å². The number of hydrogen-bond donors (Lipinski definition) is 0. The average molecular weight is 240 g/mol. The SMILES string of the molecule is CN(C)c1ccc(Cc2nccn2CC#N)cc1. The van der Waals surface area contributed by atoms with Crippen molar-refractivity contribution in [3.63, 3.8) is 0 Å². The van der Waals surface area contributed by atoms with Crippen molar-refractivity contribution in [2.75, 3.05) is 19.0 Å². The molecule has 0 amide bonds. The van der Waals surface area contributed by atoms with Gasteiger partial charge in [0.05, 0.1) is 6.07 Å². The molecule has 2 rings (SSSR count). The molecule has 92 valence electrons. The van der Waals surface area contributed by atoms with E-state index in [4.69, 9.17) is 5.26 Å². The van der Waals surface area contributed by atoms with Gasteiger partial charge in [0.2, 0.25) is 0 Å². The summed E-state index contributed by atoms with van der Waals surface area (Å²) in [7, 11) is 4.04. The van der Waals surface area contributed by atoms with Crippen LogP contribution < -0.4 is 4.90 Å². The first-order chi connectivity index (χ1) is 8.70. The van der Waals surface area contributed by atoms with Gasteiger partial charge in [0.15, 0.2) is 0 Å². The van der Waals surface area contributed by atoms with Gasteiger partial charge in [0.25, 0.3) is 0 Å². The van der Waals surface area contributed by atoms with Gasteiger partial charge in [-0.1, -0.05) is 12.1 Å². The molecule has 0 fully saturated rings. The first-order valence-electron chi connectivity index (χ1n) is 5.84. The third kappa shape index (κ3) is 2.69. The second-order valence-corrected chi connectivity index (χ2v) is 4.37. The van der Waals surface area contributed by atoms with Gasteiger partial charge in [-0.05, 0) is 17.7 Å². The monoisotopic (exact) mass is 240 g/mol. The van der Waals surface area contributed by atoms with Crippen molar-refractivity contribution in [3.05, 3.63) is 48.0 Å². The van der Waals surface area contributed by atoms with Crippen molar-refractivity contribution in [2.45, 2.75) is 13.0 Å². The van der Waals surface area contributed by atoms with Crippen LogP contribution in [0.15, 0.2) is 36.7 Å². The van der Waals surface area contributed by atoms with E-state index in [0.717, 1.165) is 12.2 Å². The summed E-state index contributed by atoms with van der Waals surface area (Å²) in [6, 6.07) is 10.5. The molecule has 0 aliphatic carbocycles. The second kappa shape index (κ2) is 5.37. The van der Waals surface area contributed by atoms with Gasteiger partial charge in [-0.2, -0.15) is 5.26 Å². The van der Waals surface area contributed by atoms with Crippen molar-refractivity contribution >= 4 is 5.69 Å². The molecule has 1 aromatic heterocycles. The van der Waals surface area contributed by atoms with Crippen molar-refractivity contribution in [1.29, 1.82) is 5.26 Å². The fourth-order valence-corrected chi connectivity index (χ4v) is 1.82. The molecule has 1 aromatic carbocycles. The second-order valence-electron chi connectivity index (χ2n) is 4.37. The minimum Gasteiger partial charge on any atom is -0.378 e. The normalized spacial score (nSPS) is 10.1. The number of aromatic nitrogens is 2. The summed E-state index contributed by atoms with van der Waals surface area (Å²) in [5.74, 6) is 0.925. The van der Waals surface area contributed by atoms with Crippen LogP contribution in [0.4, 0.5) is 5.69 Å². The van der Waals surface area contributed by atoms with Crippen molar-refractivity contribution in [3.8, 4) is 6.07 Å². The molecule has 18 heavy (non-hydrogen) atoms. The number of rotatable bonds is 4. The predicted octanol–water partition coefficient (Wildman–Crippen LogP) is 2.06. The largest absolute Gasteiger partial charge is 0.378 e. The highest BCUT2D eigenvalue weighted by Gasteiger charge is 2.04. The molecule has 2 aromatic rings. The van der Waals surface area contributed by atoms with Gasteiger partial charge in [-0.3, -0.25) is 0 Å². The first-order valence-corrected chi connectivity index (χ1v) is 5.84. The molecular formula is C14H16N4. The quantitative estimate of drug-likeness (QED) is 0.821. The molecule has 0 radical (unpaired) electrons. The molecule has 0 unspecified atom stereocenters. The highest BCUT2D eigenvalue weighted by molar-refractivity contribution is 5.46. The third-order valence-electron chi connectivity index (χ3n) is 2.86. The lowest BCUT2D eigenvalue weighted by molar-refractivity contribution is 0.765. The van der Waals surface area contributed by atoms with Gasteiger partial charge < -0.3 is 9.47 Å². The predicted molar refractivity (Wildman–Crippen MR) is 71.4 cm³/mol. The van der Waals surface area contributed by atoms with E-state index in [1.165, 1.54) is 11.3 Å². The van der Waals surface area contributed by atoms with E-state index in [0.29, 0.717) is 6.54 Å². The Morgan fingerprint density at radius 2 is 2.00 bits per heavy atom. The van der Waals surface area contributed by atoms with E-state index in [-0.39, 0.29) is 0 Å². The maximum absolute atomic E-state index is 8.72. The standard InChI is InChI=1S/C14H16N4/c1-17(2)13-5-3-12(4-6-13)11-14-16-8-10-18(14)9-7-15/h3-6,8,10H,9,11H2,1-2H3. The van der Waals surface area contributed by atoms with Crippen molar-refractivity contribution < 1.29 is 0 Å². The van der Waals surface area contributed by atoms with E-state index in [1.807, 2.05) is 24.9 Å². The highest BCUT2D eigenvalue weighted by atomic mass is 15.1. The minimum atomic E-state index is 0.352. The summed E-state index contributed by atoms with van der Waals surface area (Å²) < 4.78 is 1.87. The van der Waals surface area contributed by atoms with Crippen LogP contribution in [-0.4, -0.2) is 23.6 Å². The van der Waals surface area contributed by atoms with E-state index in [2.05, 4.69) is 40.2 Å². The zero-order valence-electron chi connectivity index (χ0n) is 10.7. The zero-order valence-corrected chi connectivity index (χ0v) is 10.7. The number of benzene rings is 1. The van der Waals surface area contributed by atoms with Crippen molar-refractivity contribution in [1.82, 2.24) is 9.55 Å². The summed E-state index contributed by atoms with van der Waals surface area (Å²) in [6.45, 7) is 0.352. The molecule has 0 aliphatic heterocycles. The smallest absolute Gasteiger partial charge is 0.113 e. The maximum Gasteiger partial charge on any atom is 0.113 e. The Bertz CT molecular complexity index is 546. The molecular weight excluding hydrogens is 224 g/mol. The van der Waals surface area contributed by atoms with Crippen molar-refractivity contribution in [2.24, 2.45) is 0 Å². The van der Waals surface area contributed by atoms with Crippen LogP contribution in [0.5, 0.6) is 0 Å². The fraction of sp³-hybridized carbons (Fsp3) is 0.286. The van der Waals surface area contributed by atoms with Crippen LogP contribution in [-0.2, 0) is 13.0 Å². The summed E-state index contributed by atoms with van der Waals surface area (Å²) >= 11 is 0. The van der Waals surface area contributed by atoms with E-state index in [1.54, 1.807) is 6.20 Å².